The summed E-state index contributed by atoms with van der Waals surface area (Å²) in [5.74, 6) is 1.16. The summed E-state index contributed by atoms with van der Waals surface area (Å²) in [7, 11) is 1.80. The van der Waals surface area contributed by atoms with Gasteiger partial charge in [-0.3, -0.25) is 14.7 Å². The molecule has 8 heteroatoms. The second kappa shape index (κ2) is 12.7. The molecule has 2 saturated heterocycles. The third-order valence-electron chi connectivity index (χ3n) is 5.73. The number of benzene rings is 1. The third-order valence-corrected chi connectivity index (χ3v) is 5.73. The smallest absolute Gasteiger partial charge is 0.236 e. The van der Waals surface area contributed by atoms with E-state index in [0.29, 0.717) is 18.7 Å². The highest BCUT2D eigenvalue weighted by Crippen LogP contribution is 2.11. The topological polar surface area (TPSA) is 75.0 Å². The lowest BCUT2D eigenvalue weighted by Gasteiger charge is -2.37. The Labute approximate surface area is 197 Å². The van der Waals surface area contributed by atoms with E-state index in [4.69, 9.17) is 5.26 Å². The lowest BCUT2D eigenvalue weighted by atomic mass is 10.1. The normalized spacial score (nSPS) is 18.2. The molecular formula is C22H33IN6O. The van der Waals surface area contributed by atoms with Crippen LogP contribution in [0.3, 0.4) is 0 Å². The highest BCUT2D eigenvalue weighted by molar-refractivity contribution is 14.0. The van der Waals surface area contributed by atoms with Crippen molar-refractivity contribution in [2.45, 2.75) is 32.2 Å². The zero-order valence-electron chi connectivity index (χ0n) is 17.8. The molecule has 1 N–H and O–H groups in total. The van der Waals surface area contributed by atoms with Gasteiger partial charge in [0, 0.05) is 52.9 Å². The molecule has 0 radical (unpaired) electrons. The molecule has 1 amide bonds. The molecular weight excluding hydrogens is 491 g/mol. The minimum Gasteiger partial charge on any atom is -0.352 e. The predicted octanol–water partition coefficient (Wildman–Crippen LogP) is 2.27. The van der Waals surface area contributed by atoms with Crippen LogP contribution in [0.2, 0.25) is 0 Å². The third kappa shape index (κ3) is 7.13. The van der Waals surface area contributed by atoms with E-state index in [-0.39, 0.29) is 29.9 Å². The fourth-order valence-electron chi connectivity index (χ4n) is 3.94. The Bertz CT molecular complexity index is 729. The molecule has 1 aromatic rings. The molecule has 164 valence electrons. The zero-order chi connectivity index (χ0) is 20.5. The average Bonchev–Trinajstić information content (AvgIpc) is 3.05. The van der Waals surface area contributed by atoms with Crippen molar-refractivity contribution in [1.29, 1.82) is 5.26 Å². The Balaban J connectivity index is 0.00000320. The van der Waals surface area contributed by atoms with Gasteiger partial charge in [0.05, 0.1) is 18.2 Å². The van der Waals surface area contributed by atoms with Crippen LogP contribution in [-0.4, -0.2) is 79.4 Å². The van der Waals surface area contributed by atoms with Gasteiger partial charge in [0.2, 0.25) is 5.91 Å². The van der Waals surface area contributed by atoms with E-state index < -0.39 is 0 Å². The first-order valence-electron chi connectivity index (χ1n) is 10.6. The number of nitriles is 1. The molecule has 2 heterocycles. The standard InChI is InChI=1S/C22H32N6O.HI/c1-24-22(25-17-20-8-6-19(16-23)7-9-20)28-14-12-26(13-15-28)18-21(29)27-10-4-2-3-5-11-27;/h6-9H,2-5,10-15,17-18H2,1H3,(H,24,25);1H. The second-order valence-corrected chi connectivity index (χ2v) is 7.77. The van der Waals surface area contributed by atoms with Crippen LogP contribution in [0.5, 0.6) is 0 Å². The Morgan fingerprint density at radius 3 is 2.20 bits per heavy atom. The van der Waals surface area contributed by atoms with E-state index in [1.54, 1.807) is 7.05 Å². The Hall–Kier alpha value is -1.86. The van der Waals surface area contributed by atoms with Gasteiger partial charge in [-0.2, -0.15) is 5.26 Å². The number of rotatable bonds is 4. The summed E-state index contributed by atoms with van der Waals surface area (Å²) in [5.41, 5.74) is 1.79. The minimum atomic E-state index is 0. The van der Waals surface area contributed by atoms with Crippen LogP contribution in [0.15, 0.2) is 29.3 Å². The maximum Gasteiger partial charge on any atom is 0.236 e. The van der Waals surface area contributed by atoms with Crippen molar-refractivity contribution in [3.05, 3.63) is 35.4 Å². The van der Waals surface area contributed by atoms with Gasteiger partial charge in [-0.1, -0.05) is 25.0 Å². The summed E-state index contributed by atoms with van der Waals surface area (Å²) < 4.78 is 0. The Morgan fingerprint density at radius 1 is 1.00 bits per heavy atom. The highest BCUT2D eigenvalue weighted by Gasteiger charge is 2.23. The minimum absolute atomic E-state index is 0. The molecule has 0 aliphatic carbocycles. The van der Waals surface area contributed by atoms with Crippen LogP contribution in [-0.2, 0) is 11.3 Å². The number of guanidine groups is 1. The van der Waals surface area contributed by atoms with E-state index in [1.165, 1.54) is 12.8 Å². The van der Waals surface area contributed by atoms with E-state index in [9.17, 15) is 4.79 Å². The molecule has 2 aliphatic rings. The van der Waals surface area contributed by atoms with Gasteiger partial charge in [-0.05, 0) is 30.5 Å². The number of likely N-dealkylation sites (tertiary alicyclic amines) is 1. The Morgan fingerprint density at radius 2 is 1.63 bits per heavy atom. The molecule has 0 saturated carbocycles. The molecule has 2 aliphatic heterocycles. The Kier molecular flexibility index (Phi) is 10.4. The van der Waals surface area contributed by atoms with Crippen LogP contribution in [0.25, 0.3) is 0 Å². The van der Waals surface area contributed by atoms with Crippen molar-refractivity contribution in [3.63, 3.8) is 0 Å². The number of piperazine rings is 1. The molecule has 3 rings (SSSR count). The first-order valence-corrected chi connectivity index (χ1v) is 10.6. The number of aliphatic imine (C=N–C) groups is 1. The van der Waals surface area contributed by atoms with Gasteiger partial charge in [0.1, 0.15) is 0 Å². The maximum absolute atomic E-state index is 12.6. The monoisotopic (exact) mass is 524 g/mol. The number of nitrogens with zero attached hydrogens (tertiary/aromatic N) is 5. The summed E-state index contributed by atoms with van der Waals surface area (Å²) in [5, 5.41) is 12.3. The largest absolute Gasteiger partial charge is 0.352 e. The fourth-order valence-corrected chi connectivity index (χ4v) is 3.94. The van der Waals surface area contributed by atoms with Crippen molar-refractivity contribution in [2.24, 2.45) is 4.99 Å². The molecule has 7 nitrogen and oxygen atoms in total. The maximum atomic E-state index is 12.6. The molecule has 0 spiro atoms. The van der Waals surface area contributed by atoms with Crippen molar-refractivity contribution < 1.29 is 4.79 Å². The molecule has 0 aromatic heterocycles. The van der Waals surface area contributed by atoms with Crippen LogP contribution >= 0.6 is 24.0 Å². The molecule has 0 unspecified atom stereocenters. The van der Waals surface area contributed by atoms with E-state index >= 15 is 0 Å². The second-order valence-electron chi connectivity index (χ2n) is 7.77. The molecule has 0 atom stereocenters. The SMILES string of the molecule is CN=C(NCc1ccc(C#N)cc1)N1CCN(CC(=O)N2CCCCCC2)CC1.I. The first kappa shape index (κ1) is 24.4. The quantitative estimate of drug-likeness (QED) is 0.372. The van der Waals surface area contributed by atoms with Gasteiger partial charge in [0.25, 0.3) is 0 Å². The molecule has 1 aromatic carbocycles. The number of amides is 1. The molecule has 30 heavy (non-hydrogen) atoms. The predicted molar refractivity (Wildman–Crippen MR) is 130 cm³/mol. The molecule has 2 fully saturated rings. The summed E-state index contributed by atoms with van der Waals surface area (Å²) >= 11 is 0. The summed E-state index contributed by atoms with van der Waals surface area (Å²) in [6.07, 6.45) is 4.77. The van der Waals surface area contributed by atoms with Gasteiger partial charge in [-0.15, -0.1) is 24.0 Å². The van der Waals surface area contributed by atoms with Gasteiger partial charge in [-0.25, -0.2) is 0 Å². The number of carbonyl (C=O) groups excluding carboxylic acids is 1. The lowest BCUT2D eigenvalue weighted by molar-refractivity contribution is -0.132. The van der Waals surface area contributed by atoms with Gasteiger partial charge in [0.15, 0.2) is 5.96 Å². The van der Waals surface area contributed by atoms with E-state index in [1.807, 2.05) is 24.3 Å². The fraction of sp³-hybridized carbons (Fsp3) is 0.591. The number of hydrogen-bond acceptors (Lipinski definition) is 4. The van der Waals surface area contributed by atoms with Crippen LogP contribution < -0.4 is 5.32 Å². The van der Waals surface area contributed by atoms with Crippen molar-refractivity contribution in [2.75, 3.05) is 52.9 Å². The van der Waals surface area contributed by atoms with Crippen LogP contribution in [0, 0.1) is 11.3 Å². The number of nitrogens with one attached hydrogen (secondary N) is 1. The van der Waals surface area contributed by atoms with Crippen LogP contribution in [0.4, 0.5) is 0 Å². The average molecular weight is 524 g/mol. The van der Waals surface area contributed by atoms with Crippen LogP contribution in [0.1, 0.15) is 36.8 Å². The van der Waals surface area contributed by atoms with E-state index in [2.05, 4.69) is 31.1 Å². The molecule has 0 bridgehead atoms. The van der Waals surface area contributed by atoms with Crippen molar-refractivity contribution >= 4 is 35.8 Å². The zero-order valence-corrected chi connectivity index (χ0v) is 20.2. The highest BCUT2D eigenvalue weighted by atomic mass is 127. The summed E-state index contributed by atoms with van der Waals surface area (Å²) in [4.78, 5) is 23.6. The number of halogens is 1. The lowest BCUT2D eigenvalue weighted by Crippen LogP contribution is -2.54. The number of hydrogen-bond donors (Lipinski definition) is 1. The number of carbonyl (C=O) groups is 1. The van der Waals surface area contributed by atoms with Crippen molar-refractivity contribution in [3.8, 4) is 6.07 Å². The first-order chi connectivity index (χ1) is 14.2. The summed E-state index contributed by atoms with van der Waals surface area (Å²) in [6, 6.07) is 9.73. The van der Waals surface area contributed by atoms with Crippen molar-refractivity contribution in [1.82, 2.24) is 20.0 Å². The van der Waals surface area contributed by atoms with Gasteiger partial charge >= 0.3 is 0 Å². The van der Waals surface area contributed by atoms with Gasteiger partial charge < -0.3 is 15.1 Å². The summed E-state index contributed by atoms with van der Waals surface area (Å²) in [6.45, 7) is 6.52. The van der Waals surface area contributed by atoms with E-state index in [0.717, 1.165) is 63.6 Å².